The largest absolute Gasteiger partial charge is 0.352 e. The van der Waals surface area contributed by atoms with Crippen LogP contribution >= 0.6 is 0 Å². The second-order valence-electron chi connectivity index (χ2n) is 4.65. The second-order valence-corrected chi connectivity index (χ2v) is 4.65. The summed E-state index contributed by atoms with van der Waals surface area (Å²) in [6.07, 6.45) is 5.35. The van der Waals surface area contributed by atoms with E-state index in [4.69, 9.17) is 0 Å². The molecular formula is C13H16N4O. The zero-order valence-electron chi connectivity index (χ0n) is 10.1. The number of nitrogens with zero attached hydrogens (tertiary/aromatic N) is 1. The third-order valence-electron chi connectivity index (χ3n) is 3.33. The summed E-state index contributed by atoms with van der Waals surface area (Å²) in [6.45, 7) is 1.61. The predicted octanol–water partition coefficient (Wildman–Crippen LogP) is 0.931. The average Bonchev–Trinajstić information content (AvgIpc) is 2.97. The SMILES string of the molecule is O=C1CCC(CNCc2c[nH]c3ncccc23)N1. The first-order valence-electron chi connectivity index (χ1n) is 6.24. The van der Waals surface area contributed by atoms with Crippen LogP contribution in [0.1, 0.15) is 18.4 Å². The van der Waals surface area contributed by atoms with Crippen molar-refractivity contribution in [3.63, 3.8) is 0 Å². The molecule has 1 aliphatic heterocycles. The molecule has 0 spiro atoms. The van der Waals surface area contributed by atoms with Crippen LogP contribution in [-0.2, 0) is 11.3 Å². The molecule has 3 rings (SSSR count). The Balaban J connectivity index is 1.58. The van der Waals surface area contributed by atoms with Crippen molar-refractivity contribution in [2.45, 2.75) is 25.4 Å². The molecule has 2 aromatic rings. The number of nitrogens with one attached hydrogen (secondary N) is 3. The lowest BCUT2D eigenvalue weighted by atomic mass is 10.2. The minimum absolute atomic E-state index is 0.165. The summed E-state index contributed by atoms with van der Waals surface area (Å²) in [5, 5.41) is 7.48. The van der Waals surface area contributed by atoms with Crippen molar-refractivity contribution < 1.29 is 4.79 Å². The molecule has 1 amide bonds. The molecular weight excluding hydrogens is 228 g/mol. The van der Waals surface area contributed by atoms with Gasteiger partial charge in [-0.05, 0) is 24.1 Å². The second kappa shape index (κ2) is 4.78. The molecule has 0 bridgehead atoms. The van der Waals surface area contributed by atoms with Gasteiger partial charge < -0.3 is 15.6 Å². The predicted molar refractivity (Wildman–Crippen MR) is 69.0 cm³/mol. The van der Waals surface area contributed by atoms with E-state index in [2.05, 4.69) is 26.7 Å². The number of carbonyl (C=O) groups excluding carboxylic acids is 1. The van der Waals surface area contributed by atoms with Crippen LogP contribution in [-0.4, -0.2) is 28.5 Å². The van der Waals surface area contributed by atoms with Gasteiger partial charge in [0.25, 0.3) is 0 Å². The van der Waals surface area contributed by atoms with E-state index in [0.29, 0.717) is 6.42 Å². The molecule has 3 heterocycles. The molecule has 0 saturated carbocycles. The molecule has 1 fully saturated rings. The Kier molecular flexibility index (Phi) is 2.98. The number of rotatable bonds is 4. The number of fused-ring (bicyclic) bond motifs is 1. The van der Waals surface area contributed by atoms with Crippen molar-refractivity contribution in [1.82, 2.24) is 20.6 Å². The number of aromatic nitrogens is 2. The van der Waals surface area contributed by atoms with Crippen molar-refractivity contribution in [2.75, 3.05) is 6.54 Å². The van der Waals surface area contributed by atoms with E-state index in [-0.39, 0.29) is 11.9 Å². The van der Waals surface area contributed by atoms with E-state index in [1.54, 1.807) is 6.20 Å². The van der Waals surface area contributed by atoms with Crippen molar-refractivity contribution in [3.8, 4) is 0 Å². The Bertz CT molecular complexity index is 563. The highest BCUT2D eigenvalue weighted by Gasteiger charge is 2.19. The molecule has 1 unspecified atom stereocenters. The number of amides is 1. The lowest BCUT2D eigenvalue weighted by Crippen LogP contribution is -2.35. The standard InChI is InChI=1S/C13H16N4O/c18-12-4-3-10(17-12)8-14-6-9-7-16-13-11(9)2-1-5-15-13/h1-2,5,7,10,14H,3-4,6,8H2,(H,15,16)(H,17,18). The van der Waals surface area contributed by atoms with E-state index in [1.165, 1.54) is 5.56 Å². The highest BCUT2D eigenvalue weighted by atomic mass is 16.1. The number of H-pyrrole nitrogens is 1. The van der Waals surface area contributed by atoms with Gasteiger partial charge in [-0.1, -0.05) is 0 Å². The molecule has 1 atom stereocenters. The fourth-order valence-corrected chi connectivity index (χ4v) is 2.37. The minimum Gasteiger partial charge on any atom is -0.352 e. The molecule has 94 valence electrons. The molecule has 5 nitrogen and oxygen atoms in total. The zero-order chi connectivity index (χ0) is 12.4. The molecule has 0 radical (unpaired) electrons. The number of carbonyl (C=O) groups is 1. The molecule has 2 aromatic heterocycles. The Morgan fingerprint density at radius 1 is 1.50 bits per heavy atom. The van der Waals surface area contributed by atoms with Crippen LogP contribution in [0.3, 0.4) is 0 Å². The van der Waals surface area contributed by atoms with Crippen LogP contribution in [0.2, 0.25) is 0 Å². The van der Waals surface area contributed by atoms with Gasteiger partial charge in [0.05, 0.1) is 0 Å². The van der Waals surface area contributed by atoms with Crippen LogP contribution < -0.4 is 10.6 Å². The zero-order valence-corrected chi connectivity index (χ0v) is 10.1. The normalized spacial score (nSPS) is 19.3. The number of aromatic amines is 1. The number of hydrogen-bond donors (Lipinski definition) is 3. The highest BCUT2D eigenvalue weighted by molar-refractivity contribution is 5.79. The van der Waals surface area contributed by atoms with Gasteiger partial charge in [-0.15, -0.1) is 0 Å². The summed E-state index contributed by atoms with van der Waals surface area (Å²) >= 11 is 0. The Labute approximate surface area is 105 Å². The Morgan fingerprint density at radius 3 is 3.28 bits per heavy atom. The van der Waals surface area contributed by atoms with Crippen LogP contribution in [0.25, 0.3) is 11.0 Å². The van der Waals surface area contributed by atoms with Crippen LogP contribution in [0.5, 0.6) is 0 Å². The Hall–Kier alpha value is -1.88. The summed E-state index contributed by atoms with van der Waals surface area (Å²) in [5.74, 6) is 0.165. The van der Waals surface area contributed by atoms with E-state index >= 15 is 0 Å². The van der Waals surface area contributed by atoms with Crippen LogP contribution in [0.15, 0.2) is 24.5 Å². The fourth-order valence-electron chi connectivity index (χ4n) is 2.37. The molecule has 3 N–H and O–H groups in total. The van der Waals surface area contributed by atoms with Gasteiger partial charge in [0.1, 0.15) is 5.65 Å². The first kappa shape index (κ1) is 11.2. The molecule has 0 aliphatic carbocycles. The van der Waals surface area contributed by atoms with Crippen molar-refractivity contribution >= 4 is 16.9 Å². The van der Waals surface area contributed by atoms with Gasteiger partial charge in [-0.3, -0.25) is 4.79 Å². The maximum absolute atomic E-state index is 11.1. The van der Waals surface area contributed by atoms with Gasteiger partial charge >= 0.3 is 0 Å². The highest BCUT2D eigenvalue weighted by Crippen LogP contribution is 2.15. The maximum Gasteiger partial charge on any atom is 0.220 e. The quantitative estimate of drug-likeness (QED) is 0.749. The number of hydrogen-bond acceptors (Lipinski definition) is 3. The summed E-state index contributed by atoms with van der Waals surface area (Å²) < 4.78 is 0. The van der Waals surface area contributed by atoms with Gasteiger partial charge in [0.2, 0.25) is 5.91 Å². The summed E-state index contributed by atoms with van der Waals surface area (Å²) in [4.78, 5) is 18.5. The van der Waals surface area contributed by atoms with E-state index < -0.39 is 0 Å². The van der Waals surface area contributed by atoms with E-state index in [9.17, 15) is 4.79 Å². The van der Waals surface area contributed by atoms with Gasteiger partial charge in [0, 0.05) is 43.3 Å². The van der Waals surface area contributed by atoms with Gasteiger partial charge in [-0.25, -0.2) is 4.98 Å². The third-order valence-corrected chi connectivity index (χ3v) is 3.33. The summed E-state index contributed by atoms with van der Waals surface area (Å²) in [5.41, 5.74) is 2.13. The van der Waals surface area contributed by atoms with Crippen LogP contribution in [0.4, 0.5) is 0 Å². The summed E-state index contributed by atoms with van der Waals surface area (Å²) in [6, 6.07) is 4.28. The van der Waals surface area contributed by atoms with Crippen LogP contribution in [0, 0.1) is 0 Å². The fraction of sp³-hybridized carbons (Fsp3) is 0.385. The van der Waals surface area contributed by atoms with Gasteiger partial charge in [-0.2, -0.15) is 0 Å². The van der Waals surface area contributed by atoms with Crippen molar-refractivity contribution in [2.24, 2.45) is 0 Å². The van der Waals surface area contributed by atoms with Gasteiger partial charge in [0.15, 0.2) is 0 Å². The number of pyridine rings is 1. The maximum atomic E-state index is 11.1. The van der Waals surface area contributed by atoms with E-state index in [1.807, 2.05) is 12.3 Å². The van der Waals surface area contributed by atoms with E-state index in [0.717, 1.165) is 30.5 Å². The lowest BCUT2D eigenvalue weighted by Gasteiger charge is -2.10. The van der Waals surface area contributed by atoms with Crippen molar-refractivity contribution in [1.29, 1.82) is 0 Å². The molecule has 0 aromatic carbocycles. The van der Waals surface area contributed by atoms with Crippen molar-refractivity contribution in [3.05, 3.63) is 30.1 Å². The Morgan fingerprint density at radius 2 is 2.44 bits per heavy atom. The molecule has 1 aliphatic rings. The first-order chi connectivity index (χ1) is 8.83. The third kappa shape index (κ3) is 2.22. The smallest absolute Gasteiger partial charge is 0.220 e. The monoisotopic (exact) mass is 244 g/mol. The first-order valence-corrected chi connectivity index (χ1v) is 6.24. The summed E-state index contributed by atoms with van der Waals surface area (Å²) in [7, 11) is 0. The minimum atomic E-state index is 0.165. The lowest BCUT2D eigenvalue weighted by molar-refractivity contribution is -0.119. The molecule has 1 saturated heterocycles. The molecule has 5 heteroatoms. The molecule has 18 heavy (non-hydrogen) atoms. The topological polar surface area (TPSA) is 69.8 Å². The average molecular weight is 244 g/mol.